The molecule has 1 aromatic heterocycles. The second kappa shape index (κ2) is 4.95. The van der Waals surface area contributed by atoms with Gasteiger partial charge in [-0.05, 0) is 39.0 Å². The van der Waals surface area contributed by atoms with Gasteiger partial charge in [-0.25, -0.2) is 4.79 Å². The molecule has 0 saturated carbocycles. The van der Waals surface area contributed by atoms with Crippen LogP contribution < -0.4 is 5.32 Å². The molecule has 3 rings (SSSR count). The number of carbonyl (C=O) groups is 1. The highest BCUT2D eigenvalue weighted by Crippen LogP contribution is 2.21. The van der Waals surface area contributed by atoms with Gasteiger partial charge in [0.2, 0.25) is 0 Å². The van der Waals surface area contributed by atoms with Crippen molar-refractivity contribution in [2.75, 3.05) is 18.4 Å². The average Bonchev–Trinajstić information content (AvgIpc) is 2.77. The number of likely N-dealkylation sites (tertiary alicyclic amines) is 1. The van der Waals surface area contributed by atoms with E-state index in [0.29, 0.717) is 13.1 Å². The number of hydrogen-bond donors (Lipinski definition) is 2. The van der Waals surface area contributed by atoms with Crippen molar-refractivity contribution in [3.05, 3.63) is 24.4 Å². The van der Waals surface area contributed by atoms with Crippen LogP contribution in [-0.2, 0) is 4.74 Å². The third-order valence-electron chi connectivity index (χ3n) is 3.34. The molecule has 6 heteroatoms. The number of nitrogens with one attached hydrogen (secondary N) is 2. The van der Waals surface area contributed by atoms with E-state index in [9.17, 15) is 4.79 Å². The van der Waals surface area contributed by atoms with Crippen LogP contribution in [0.2, 0.25) is 0 Å². The molecular formula is C15H20N4O2. The van der Waals surface area contributed by atoms with Gasteiger partial charge >= 0.3 is 6.09 Å². The predicted molar refractivity (Wildman–Crippen MR) is 81.3 cm³/mol. The maximum absolute atomic E-state index is 11.8. The molecule has 1 saturated heterocycles. The topological polar surface area (TPSA) is 70.2 Å². The number of fused-ring (bicyclic) bond motifs is 1. The molecule has 1 aliphatic heterocycles. The van der Waals surface area contributed by atoms with Crippen molar-refractivity contribution < 1.29 is 9.53 Å². The van der Waals surface area contributed by atoms with Gasteiger partial charge in [-0.2, -0.15) is 5.10 Å². The maximum Gasteiger partial charge on any atom is 0.410 e. The summed E-state index contributed by atoms with van der Waals surface area (Å²) in [4.78, 5) is 13.6. The maximum atomic E-state index is 11.8. The summed E-state index contributed by atoms with van der Waals surface area (Å²) in [5, 5.41) is 11.4. The molecule has 2 aromatic rings. The number of anilines is 1. The number of H-pyrrole nitrogens is 1. The molecule has 2 N–H and O–H groups in total. The molecule has 1 fully saturated rings. The molecule has 21 heavy (non-hydrogen) atoms. The van der Waals surface area contributed by atoms with Crippen LogP contribution in [-0.4, -0.2) is 45.9 Å². The van der Waals surface area contributed by atoms with Crippen LogP contribution in [0.5, 0.6) is 0 Å². The molecule has 1 amide bonds. The Hall–Kier alpha value is -2.24. The third kappa shape index (κ3) is 3.09. The van der Waals surface area contributed by atoms with Crippen LogP contribution in [0.25, 0.3) is 10.9 Å². The number of nitrogens with zero attached hydrogens (tertiary/aromatic N) is 2. The van der Waals surface area contributed by atoms with Gasteiger partial charge in [-0.3, -0.25) is 5.10 Å². The largest absolute Gasteiger partial charge is 0.444 e. The summed E-state index contributed by atoms with van der Waals surface area (Å²) < 4.78 is 5.33. The quantitative estimate of drug-likeness (QED) is 0.891. The number of ether oxygens (including phenoxy) is 1. The summed E-state index contributed by atoms with van der Waals surface area (Å²) in [7, 11) is 0. The van der Waals surface area contributed by atoms with Crippen molar-refractivity contribution in [3.63, 3.8) is 0 Å². The Balaban J connectivity index is 1.53. The molecular weight excluding hydrogens is 268 g/mol. The smallest absolute Gasteiger partial charge is 0.410 e. The minimum absolute atomic E-state index is 0.245. The molecule has 0 atom stereocenters. The molecule has 1 aliphatic rings. The van der Waals surface area contributed by atoms with E-state index >= 15 is 0 Å². The van der Waals surface area contributed by atoms with E-state index in [-0.39, 0.29) is 12.1 Å². The Morgan fingerprint density at radius 1 is 1.43 bits per heavy atom. The van der Waals surface area contributed by atoms with E-state index in [1.165, 1.54) is 0 Å². The van der Waals surface area contributed by atoms with E-state index in [1.807, 2.05) is 32.9 Å². The van der Waals surface area contributed by atoms with E-state index in [4.69, 9.17) is 4.74 Å². The second-order valence-electron chi connectivity index (χ2n) is 6.40. The Bertz CT molecular complexity index is 653. The Morgan fingerprint density at radius 3 is 2.90 bits per heavy atom. The van der Waals surface area contributed by atoms with Crippen LogP contribution in [0, 0.1) is 0 Å². The zero-order chi connectivity index (χ0) is 15.0. The van der Waals surface area contributed by atoms with Crippen molar-refractivity contribution in [2.24, 2.45) is 0 Å². The van der Waals surface area contributed by atoms with Crippen LogP contribution in [0.4, 0.5) is 10.5 Å². The number of carbonyl (C=O) groups excluding carboxylic acids is 1. The van der Waals surface area contributed by atoms with Crippen molar-refractivity contribution >= 4 is 22.7 Å². The fourth-order valence-electron chi connectivity index (χ4n) is 2.31. The number of aromatic amines is 1. The van der Waals surface area contributed by atoms with Gasteiger partial charge in [-0.15, -0.1) is 0 Å². The number of hydrogen-bond acceptors (Lipinski definition) is 4. The van der Waals surface area contributed by atoms with E-state index in [0.717, 1.165) is 16.6 Å². The molecule has 1 aromatic carbocycles. The lowest BCUT2D eigenvalue weighted by Crippen LogP contribution is -2.57. The molecule has 112 valence electrons. The summed E-state index contributed by atoms with van der Waals surface area (Å²) in [6, 6.07) is 6.32. The first-order valence-corrected chi connectivity index (χ1v) is 7.08. The summed E-state index contributed by atoms with van der Waals surface area (Å²) >= 11 is 0. The van der Waals surface area contributed by atoms with Crippen molar-refractivity contribution in [1.29, 1.82) is 0 Å². The SMILES string of the molecule is CC(C)(C)OC(=O)N1CC(Nc2ccc3[nH]ncc3c2)C1. The highest BCUT2D eigenvalue weighted by Gasteiger charge is 2.33. The fourth-order valence-corrected chi connectivity index (χ4v) is 2.31. The van der Waals surface area contributed by atoms with Crippen LogP contribution in [0.3, 0.4) is 0 Å². The number of aromatic nitrogens is 2. The molecule has 0 spiro atoms. The first kappa shape index (κ1) is 13.7. The molecule has 0 bridgehead atoms. The fraction of sp³-hybridized carbons (Fsp3) is 0.467. The minimum atomic E-state index is -0.443. The summed E-state index contributed by atoms with van der Waals surface area (Å²) in [5.74, 6) is 0. The highest BCUT2D eigenvalue weighted by atomic mass is 16.6. The molecule has 2 heterocycles. The lowest BCUT2D eigenvalue weighted by molar-refractivity contribution is 0.0105. The van der Waals surface area contributed by atoms with Crippen molar-refractivity contribution in [2.45, 2.75) is 32.4 Å². The van der Waals surface area contributed by atoms with E-state index in [2.05, 4.69) is 21.6 Å². The third-order valence-corrected chi connectivity index (χ3v) is 3.34. The van der Waals surface area contributed by atoms with Gasteiger partial charge in [0.1, 0.15) is 5.60 Å². The van der Waals surface area contributed by atoms with E-state index < -0.39 is 5.60 Å². The first-order chi connectivity index (χ1) is 9.90. The monoisotopic (exact) mass is 288 g/mol. The zero-order valence-corrected chi connectivity index (χ0v) is 12.5. The second-order valence-corrected chi connectivity index (χ2v) is 6.40. The average molecular weight is 288 g/mol. The summed E-state index contributed by atoms with van der Waals surface area (Å²) in [6.07, 6.45) is 1.56. The normalized spacial score (nSPS) is 15.9. The van der Waals surface area contributed by atoms with Crippen molar-refractivity contribution in [3.8, 4) is 0 Å². The standard InChI is InChI=1S/C15H20N4O2/c1-15(2,3)21-14(20)19-8-12(9-19)17-11-4-5-13-10(6-11)7-16-18-13/h4-7,12,17H,8-9H2,1-3H3,(H,16,18). The number of rotatable bonds is 2. The van der Waals surface area contributed by atoms with Crippen LogP contribution >= 0.6 is 0 Å². The number of benzene rings is 1. The summed E-state index contributed by atoms with van der Waals surface area (Å²) in [5.41, 5.74) is 1.62. The van der Waals surface area contributed by atoms with Gasteiger partial charge in [0, 0.05) is 24.2 Å². The molecule has 0 radical (unpaired) electrons. The zero-order valence-electron chi connectivity index (χ0n) is 12.5. The van der Waals surface area contributed by atoms with Gasteiger partial charge < -0.3 is 15.0 Å². The van der Waals surface area contributed by atoms with Crippen molar-refractivity contribution in [1.82, 2.24) is 15.1 Å². The lowest BCUT2D eigenvalue weighted by Gasteiger charge is -2.40. The highest BCUT2D eigenvalue weighted by molar-refractivity contribution is 5.81. The van der Waals surface area contributed by atoms with Gasteiger partial charge in [0.05, 0.1) is 17.8 Å². The first-order valence-electron chi connectivity index (χ1n) is 7.08. The predicted octanol–water partition coefficient (Wildman–Crippen LogP) is 2.59. The Kier molecular flexibility index (Phi) is 3.23. The lowest BCUT2D eigenvalue weighted by atomic mass is 10.1. The van der Waals surface area contributed by atoms with Crippen LogP contribution in [0.15, 0.2) is 24.4 Å². The molecule has 6 nitrogen and oxygen atoms in total. The van der Waals surface area contributed by atoms with Gasteiger partial charge in [0.15, 0.2) is 0 Å². The van der Waals surface area contributed by atoms with Gasteiger partial charge in [-0.1, -0.05) is 0 Å². The van der Waals surface area contributed by atoms with Gasteiger partial charge in [0.25, 0.3) is 0 Å². The molecule has 0 unspecified atom stereocenters. The Labute approximate surface area is 123 Å². The summed E-state index contributed by atoms with van der Waals surface area (Å²) in [6.45, 7) is 6.96. The minimum Gasteiger partial charge on any atom is -0.444 e. The molecule has 0 aliphatic carbocycles. The number of amides is 1. The Morgan fingerprint density at radius 2 is 2.19 bits per heavy atom. The van der Waals surface area contributed by atoms with Crippen LogP contribution in [0.1, 0.15) is 20.8 Å². The van der Waals surface area contributed by atoms with E-state index in [1.54, 1.807) is 11.1 Å².